The van der Waals surface area contributed by atoms with E-state index in [1.807, 2.05) is 6.92 Å². The summed E-state index contributed by atoms with van der Waals surface area (Å²) in [5.41, 5.74) is 2.37. The summed E-state index contributed by atoms with van der Waals surface area (Å²) in [6.45, 7) is 8.75. The lowest BCUT2D eigenvalue weighted by Crippen LogP contribution is -2.42. The molecule has 1 aromatic carbocycles. The van der Waals surface area contributed by atoms with E-state index in [0.717, 1.165) is 26.3 Å². The number of ether oxygens (including phenoxy) is 1. The molecule has 2 aliphatic heterocycles. The number of nitrogens with one attached hydrogen (secondary N) is 2. The molecule has 0 spiro atoms. The van der Waals surface area contributed by atoms with E-state index in [1.54, 1.807) is 0 Å². The number of likely N-dealkylation sites (tertiary alicyclic amines) is 1. The summed E-state index contributed by atoms with van der Waals surface area (Å²) in [6.07, 6.45) is 0.647. The molecule has 2 heterocycles. The molecule has 0 radical (unpaired) electrons. The lowest BCUT2D eigenvalue weighted by Gasteiger charge is -2.29. The minimum atomic E-state index is -0.214. The topological polar surface area (TPSA) is 73.9 Å². The molecule has 3 rings (SSSR count). The van der Waals surface area contributed by atoms with Gasteiger partial charge < -0.3 is 20.3 Å². The standard InChI is InChI=1S/C20H30N4O3/c1-3-21-20(26)19-12-17(22-15(2)25)14-24(19)13-16-5-4-6-18(11-16)23-7-9-27-10-8-23/h4-6,11,17,19H,3,7-10,12-14H2,1-2H3,(H,21,26)(H,22,25)/t17-,19-/m0/s1. The number of likely N-dealkylation sites (N-methyl/N-ethyl adjacent to an activating group) is 1. The first-order chi connectivity index (χ1) is 13.1. The summed E-state index contributed by atoms with van der Waals surface area (Å²) in [4.78, 5) is 28.4. The Kier molecular flexibility index (Phi) is 6.68. The second-order valence-corrected chi connectivity index (χ2v) is 7.24. The van der Waals surface area contributed by atoms with Crippen LogP contribution in [0.3, 0.4) is 0 Å². The second kappa shape index (κ2) is 9.19. The van der Waals surface area contributed by atoms with Gasteiger partial charge in [-0.15, -0.1) is 0 Å². The van der Waals surface area contributed by atoms with Gasteiger partial charge in [0.05, 0.1) is 19.3 Å². The minimum Gasteiger partial charge on any atom is -0.378 e. The monoisotopic (exact) mass is 374 g/mol. The van der Waals surface area contributed by atoms with Gasteiger partial charge in [0.1, 0.15) is 0 Å². The maximum atomic E-state index is 12.5. The number of morpholine rings is 1. The number of amides is 2. The Morgan fingerprint density at radius 3 is 2.74 bits per heavy atom. The van der Waals surface area contributed by atoms with Gasteiger partial charge in [0.15, 0.2) is 0 Å². The number of rotatable bonds is 6. The van der Waals surface area contributed by atoms with Crippen LogP contribution in [-0.2, 0) is 20.9 Å². The third-order valence-electron chi connectivity index (χ3n) is 5.14. The fourth-order valence-corrected chi connectivity index (χ4v) is 3.94. The van der Waals surface area contributed by atoms with Crippen molar-refractivity contribution in [2.24, 2.45) is 0 Å². The molecule has 2 saturated heterocycles. The zero-order chi connectivity index (χ0) is 19.2. The van der Waals surface area contributed by atoms with Crippen molar-refractivity contribution >= 4 is 17.5 Å². The van der Waals surface area contributed by atoms with Crippen molar-refractivity contribution in [1.29, 1.82) is 0 Å². The average Bonchev–Trinajstić information content (AvgIpc) is 3.04. The highest BCUT2D eigenvalue weighted by atomic mass is 16.5. The molecule has 148 valence electrons. The van der Waals surface area contributed by atoms with Crippen LogP contribution >= 0.6 is 0 Å². The number of benzene rings is 1. The van der Waals surface area contributed by atoms with Gasteiger partial charge in [-0.25, -0.2) is 0 Å². The van der Waals surface area contributed by atoms with Gasteiger partial charge in [0, 0.05) is 51.4 Å². The van der Waals surface area contributed by atoms with Crippen molar-refractivity contribution in [3.63, 3.8) is 0 Å². The first kappa shape index (κ1) is 19.6. The molecule has 2 aliphatic rings. The molecular formula is C20H30N4O3. The lowest BCUT2D eigenvalue weighted by atomic mass is 10.1. The van der Waals surface area contributed by atoms with Crippen LogP contribution in [0.5, 0.6) is 0 Å². The van der Waals surface area contributed by atoms with E-state index in [9.17, 15) is 9.59 Å². The second-order valence-electron chi connectivity index (χ2n) is 7.24. The molecule has 1 aromatic rings. The molecule has 2 N–H and O–H groups in total. The number of carbonyl (C=O) groups excluding carboxylic acids is 2. The Balaban J connectivity index is 1.71. The van der Waals surface area contributed by atoms with Crippen LogP contribution < -0.4 is 15.5 Å². The van der Waals surface area contributed by atoms with Crippen LogP contribution in [-0.4, -0.2) is 68.2 Å². The van der Waals surface area contributed by atoms with Gasteiger partial charge in [-0.2, -0.15) is 0 Å². The van der Waals surface area contributed by atoms with E-state index in [4.69, 9.17) is 4.74 Å². The molecule has 7 heteroatoms. The molecular weight excluding hydrogens is 344 g/mol. The maximum absolute atomic E-state index is 12.5. The molecule has 27 heavy (non-hydrogen) atoms. The first-order valence-electron chi connectivity index (χ1n) is 9.77. The van der Waals surface area contributed by atoms with Crippen molar-refractivity contribution in [2.75, 3.05) is 44.3 Å². The summed E-state index contributed by atoms with van der Waals surface area (Å²) in [7, 11) is 0. The predicted molar refractivity (Wildman–Crippen MR) is 105 cm³/mol. The first-order valence-corrected chi connectivity index (χ1v) is 9.77. The van der Waals surface area contributed by atoms with Crippen LogP contribution in [0.4, 0.5) is 5.69 Å². The normalized spacial score (nSPS) is 23.3. The van der Waals surface area contributed by atoms with Crippen LogP contribution in [0.2, 0.25) is 0 Å². The van der Waals surface area contributed by atoms with Gasteiger partial charge in [-0.3, -0.25) is 14.5 Å². The van der Waals surface area contributed by atoms with Gasteiger partial charge in [-0.1, -0.05) is 12.1 Å². The van der Waals surface area contributed by atoms with Crippen LogP contribution in [0.1, 0.15) is 25.8 Å². The van der Waals surface area contributed by atoms with E-state index in [0.29, 0.717) is 26.1 Å². The van der Waals surface area contributed by atoms with E-state index in [1.165, 1.54) is 18.2 Å². The van der Waals surface area contributed by atoms with E-state index >= 15 is 0 Å². The number of hydrogen-bond donors (Lipinski definition) is 2. The van der Waals surface area contributed by atoms with Gasteiger partial charge >= 0.3 is 0 Å². The molecule has 7 nitrogen and oxygen atoms in total. The fourth-order valence-electron chi connectivity index (χ4n) is 3.94. The predicted octanol–water partition coefficient (Wildman–Crippen LogP) is 0.738. The Hall–Kier alpha value is -2.12. The van der Waals surface area contributed by atoms with Crippen molar-refractivity contribution in [2.45, 2.75) is 38.9 Å². The number of hydrogen-bond acceptors (Lipinski definition) is 5. The van der Waals surface area contributed by atoms with Crippen molar-refractivity contribution < 1.29 is 14.3 Å². The fraction of sp³-hybridized carbons (Fsp3) is 0.600. The SMILES string of the molecule is CCNC(=O)[C@@H]1C[C@H](NC(C)=O)CN1Cc1cccc(N2CCOCC2)c1. The van der Waals surface area contributed by atoms with Crippen LogP contribution in [0, 0.1) is 0 Å². The third-order valence-corrected chi connectivity index (χ3v) is 5.14. The van der Waals surface area contributed by atoms with Gasteiger partial charge in [0.25, 0.3) is 0 Å². The zero-order valence-corrected chi connectivity index (χ0v) is 16.2. The highest BCUT2D eigenvalue weighted by Crippen LogP contribution is 2.24. The number of carbonyl (C=O) groups is 2. The summed E-state index contributed by atoms with van der Waals surface area (Å²) in [5.74, 6) is -0.0134. The molecule has 0 aliphatic carbocycles. The molecule has 0 unspecified atom stereocenters. The number of anilines is 1. The van der Waals surface area contributed by atoms with Crippen molar-refractivity contribution in [3.8, 4) is 0 Å². The third kappa shape index (κ3) is 5.20. The Morgan fingerprint density at radius 2 is 2.04 bits per heavy atom. The molecule has 2 fully saturated rings. The molecule has 2 atom stereocenters. The van der Waals surface area contributed by atoms with E-state index in [2.05, 4.69) is 44.7 Å². The summed E-state index contributed by atoms with van der Waals surface area (Å²) >= 11 is 0. The van der Waals surface area contributed by atoms with Crippen molar-refractivity contribution in [3.05, 3.63) is 29.8 Å². The lowest BCUT2D eigenvalue weighted by molar-refractivity contribution is -0.125. The van der Waals surface area contributed by atoms with Crippen LogP contribution in [0.25, 0.3) is 0 Å². The molecule has 2 amide bonds. The van der Waals surface area contributed by atoms with Gasteiger partial charge in [0.2, 0.25) is 11.8 Å². The minimum absolute atomic E-state index is 0.0116. The molecule has 0 saturated carbocycles. The molecule has 0 aromatic heterocycles. The average molecular weight is 374 g/mol. The maximum Gasteiger partial charge on any atom is 0.237 e. The molecule has 0 bridgehead atoms. The van der Waals surface area contributed by atoms with E-state index < -0.39 is 0 Å². The highest BCUT2D eigenvalue weighted by molar-refractivity contribution is 5.82. The Labute approximate surface area is 161 Å². The summed E-state index contributed by atoms with van der Waals surface area (Å²) in [5, 5.41) is 5.89. The Bertz CT molecular complexity index is 660. The van der Waals surface area contributed by atoms with Crippen LogP contribution in [0.15, 0.2) is 24.3 Å². The summed E-state index contributed by atoms with van der Waals surface area (Å²) < 4.78 is 5.44. The highest BCUT2D eigenvalue weighted by Gasteiger charge is 2.36. The number of nitrogens with zero attached hydrogens (tertiary/aromatic N) is 2. The Morgan fingerprint density at radius 1 is 1.26 bits per heavy atom. The quantitative estimate of drug-likeness (QED) is 0.768. The largest absolute Gasteiger partial charge is 0.378 e. The summed E-state index contributed by atoms with van der Waals surface area (Å²) in [6, 6.07) is 8.30. The van der Waals surface area contributed by atoms with E-state index in [-0.39, 0.29) is 23.9 Å². The zero-order valence-electron chi connectivity index (χ0n) is 16.2. The van der Waals surface area contributed by atoms with Gasteiger partial charge in [-0.05, 0) is 31.0 Å². The van der Waals surface area contributed by atoms with Crippen molar-refractivity contribution in [1.82, 2.24) is 15.5 Å². The smallest absolute Gasteiger partial charge is 0.237 e.